The van der Waals surface area contributed by atoms with Crippen LogP contribution in [0.2, 0.25) is 5.02 Å². The number of phenolic OH excluding ortho intramolecular Hbond substituents is 2. The predicted octanol–water partition coefficient (Wildman–Crippen LogP) is 3.52. The molecule has 100 valence electrons. The highest BCUT2D eigenvalue weighted by Crippen LogP contribution is 2.31. The molecule has 0 radical (unpaired) electrons. The first-order valence-electron chi connectivity index (χ1n) is 5.80. The molecule has 1 heterocycles. The molecule has 0 aliphatic carbocycles. The summed E-state index contributed by atoms with van der Waals surface area (Å²) in [5.74, 6) is -0.612. The van der Waals surface area contributed by atoms with Gasteiger partial charge in [0, 0.05) is 16.5 Å². The number of benzene rings is 2. The van der Waals surface area contributed by atoms with Crippen molar-refractivity contribution in [3.05, 3.63) is 57.9 Å². The Morgan fingerprint density at radius 1 is 1.00 bits per heavy atom. The smallest absolute Gasteiger partial charge is 0.344 e. The van der Waals surface area contributed by atoms with Crippen LogP contribution in [0.4, 0.5) is 0 Å². The lowest BCUT2D eigenvalue weighted by molar-refractivity contribution is 0.403. The lowest BCUT2D eigenvalue weighted by Gasteiger charge is -2.04. The molecule has 3 rings (SSSR count). The van der Waals surface area contributed by atoms with Crippen molar-refractivity contribution < 1.29 is 14.6 Å². The fraction of sp³-hybridized carbons (Fsp3) is 0. The van der Waals surface area contributed by atoms with Crippen LogP contribution in [0.5, 0.6) is 11.5 Å². The third-order valence-electron chi connectivity index (χ3n) is 2.97. The largest absolute Gasteiger partial charge is 0.504 e. The molecule has 4 nitrogen and oxygen atoms in total. The number of hydrogen-bond acceptors (Lipinski definition) is 4. The molecule has 0 saturated carbocycles. The van der Waals surface area contributed by atoms with Crippen LogP contribution in [-0.2, 0) is 0 Å². The Bertz CT molecular complexity index is 867. The first-order chi connectivity index (χ1) is 9.54. The van der Waals surface area contributed by atoms with Gasteiger partial charge in [-0.05, 0) is 29.8 Å². The number of aromatic hydroxyl groups is 2. The summed E-state index contributed by atoms with van der Waals surface area (Å²) in [7, 11) is 0. The second-order valence-corrected chi connectivity index (χ2v) is 4.77. The molecular formula is C15H9ClO4. The number of phenols is 2. The van der Waals surface area contributed by atoms with E-state index in [4.69, 9.17) is 16.0 Å². The Hall–Kier alpha value is -2.46. The second-order valence-electron chi connectivity index (χ2n) is 4.34. The van der Waals surface area contributed by atoms with Crippen LogP contribution in [0.25, 0.3) is 22.1 Å². The SMILES string of the molecule is O=c1oc2cc(O)c(O)cc2cc1-c1cccc(Cl)c1. The quantitative estimate of drug-likeness (QED) is 0.531. The van der Waals surface area contributed by atoms with Crippen LogP contribution < -0.4 is 5.63 Å². The van der Waals surface area contributed by atoms with E-state index in [1.165, 1.54) is 12.1 Å². The van der Waals surface area contributed by atoms with Gasteiger partial charge in [0.1, 0.15) is 5.58 Å². The summed E-state index contributed by atoms with van der Waals surface area (Å²) in [6.07, 6.45) is 0. The summed E-state index contributed by atoms with van der Waals surface area (Å²) < 4.78 is 5.15. The normalized spacial score (nSPS) is 10.8. The van der Waals surface area contributed by atoms with Crippen molar-refractivity contribution in [2.75, 3.05) is 0 Å². The minimum Gasteiger partial charge on any atom is -0.504 e. The van der Waals surface area contributed by atoms with E-state index in [0.717, 1.165) is 0 Å². The summed E-state index contributed by atoms with van der Waals surface area (Å²) in [5, 5.41) is 19.9. The Kier molecular flexibility index (Phi) is 2.88. The average Bonchev–Trinajstić information content (AvgIpc) is 2.40. The fourth-order valence-corrected chi connectivity index (χ4v) is 2.19. The van der Waals surface area contributed by atoms with Crippen LogP contribution in [0, 0.1) is 0 Å². The highest BCUT2D eigenvalue weighted by molar-refractivity contribution is 6.30. The van der Waals surface area contributed by atoms with E-state index in [0.29, 0.717) is 21.5 Å². The van der Waals surface area contributed by atoms with Gasteiger partial charge >= 0.3 is 5.63 Å². The molecule has 0 aliphatic heterocycles. The zero-order chi connectivity index (χ0) is 14.3. The molecule has 0 amide bonds. The molecule has 2 aromatic carbocycles. The van der Waals surface area contributed by atoms with Crippen LogP contribution in [0.1, 0.15) is 0 Å². The molecular weight excluding hydrogens is 280 g/mol. The predicted molar refractivity (Wildman–Crippen MR) is 76.3 cm³/mol. The topological polar surface area (TPSA) is 70.7 Å². The standard InChI is InChI=1S/C15H9ClO4/c16-10-3-1-2-8(4-10)11-5-9-6-12(17)13(18)7-14(9)20-15(11)19/h1-7,17-18H. The van der Waals surface area contributed by atoms with Gasteiger partial charge in [-0.3, -0.25) is 0 Å². The highest BCUT2D eigenvalue weighted by Gasteiger charge is 2.10. The van der Waals surface area contributed by atoms with Gasteiger partial charge in [-0.2, -0.15) is 0 Å². The average molecular weight is 289 g/mol. The van der Waals surface area contributed by atoms with E-state index in [1.807, 2.05) is 0 Å². The van der Waals surface area contributed by atoms with Gasteiger partial charge in [0.05, 0.1) is 5.56 Å². The van der Waals surface area contributed by atoms with Crippen molar-refractivity contribution in [2.45, 2.75) is 0 Å². The maximum atomic E-state index is 12.0. The number of hydrogen-bond donors (Lipinski definition) is 2. The Morgan fingerprint density at radius 2 is 1.75 bits per heavy atom. The molecule has 5 heteroatoms. The summed E-state index contributed by atoms with van der Waals surface area (Å²) in [6, 6.07) is 11.0. The molecule has 0 bridgehead atoms. The van der Waals surface area contributed by atoms with Gasteiger partial charge in [-0.25, -0.2) is 4.79 Å². The third kappa shape index (κ3) is 2.10. The molecule has 0 aliphatic rings. The number of rotatable bonds is 1. The minimum atomic E-state index is -0.537. The molecule has 0 unspecified atom stereocenters. The molecule has 0 spiro atoms. The van der Waals surface area contributed by atoms with Crippen LogP contribution >= 0.6 is 11.6 Å². The van der Waals surface area contributed by atoms with Crippen molar-refractivity contribution >= 4 is 22.6 Å². The van der Waals surface area contributed by atoms with Gasteiger partial charge in [0.15, 0.2) is 11.5 Å². The van der Waals surface area contributed by atoms with Crippen molar-refractivity contribution in [3.63, 3.8) is 0 Å². The van der Waals surface area contributed by atoms with Crippen LogP contribution in [-0.4, -0.2) is 10.2 Å². The zero-order valence-electron chi connectivity index (χ0n) is 10.1. The molecule has 1 aromatic heterocycles. The Labute approximate surface area is 118 Å². The zero-order valence-corrected chi connectivity index (χ0v) is 10.9. The molecule has 0 fully saturated rings. The summed E-state index contributed by atoms with van der Waals surface area (Å²) >= 11 is 5.91. The van der Waals surface area contributed by atoms with Gasteiger partial charge in [-0.1, -0.05) is 23.7 Å². The molecule has 20 heavy (non-hydrogen) atoms. The van der Waals surface area contributed by atoms with E-state index < -0.39 is 5.63 Å². The Morgan fingerprint density at radius 3 is 2.50 bits per heavy atom. The maximum Gasteiger partial charge on any atom is 0.344 e. The Balaban J connectivity index is 2.29. The van der Waals surface area contributed by atoms with Gasteiger partial charge in [0.25, 0.3) is 0 Å². The molecule has 2 N–H and O–H groups in total. The second kappa shape index (κ2) is 4.58. The van der Waals surface area contributed by atoms with Crippen LogP contribution in [0.15, 0.2) is 51.7 Å². The lowest BCUT2D eigenvalue weighted by atomic mass is 10.1. The molecule has 3 aromatic rings. The number of halogens is 1. The summed E-state index contributed by atoms with van der Waals surface area (Å²) in [5.41, 5.74) is 0.631. The van der Waals surface area contributed by atoms with Crippen molar-refractivity contribution in [3.8, 4) is 22.6 Å². The van der Waals surface area contributed by atoms with Crippen molar-refractivity contribution in [1.82, 2.24) is 0 Å². The highest BCUT2D eigenvalue weighted by atomic mass is 35.5. The third-order valence-corrected chi connectivity index (χ3v) is 3.20. The van der Waals surface area contributed by atoms with Crippen molar-refractivity contribution in [2.24, 2.45) is 0 Å². The van der Waals surface area contributed by atoms with E-state index in [1.54, 1.807) is 30.3 Å². The summed E-state index contributed by atoms with van der Waals surface area (Å²) in [4.78, 5) is 12.0. The minimum absolute atomic E-state index is 0.205. The van der Waals surface area contributed by atoms with E-state index in [2.05, 4.69) is 0 Å². The van der Waals surface area contributed by atoms with E-state index in [9.17, 15) is 15.0 Å². The monoisotopic (exact) mass is 288 g/mol. The van der Waals surface area contributed by atoms with E-state index >= 15 is 0 Å². The van der Waals surface area contributed by atoms with Crippen molar-refractivity contribution in [1.29, 1.82) is 0 Å². The molecule has 0 atom stereocenters. The van der Waals surface area contributed by atoms with Gasteiger partial charge in [0.2, 0.25) is 0 Å². The van der Waals surface area contributed by atoms with Crippen LogP contribution in [0.3, 0.4) is 0 Å². The van der Waals surface area contributed by atoms with E-state index in [-0.39, 0.29) is 17.1 Å². The molecule has 0 saturated heterocycles. The van der Waals surface area contributed by atoms with Gasteiger partial charge < -0.3 is 14.6 Å². The van der Waals surface area contributed by atoms with Gasteiger partial charge in [-0.15, -0.1) is 0 Å². The lowest BCUT2D eigenvalue weighted by Crippen LogP contribution is -2.02. The summed E-state index contributed by atoms with van der Waals surface area (Å²) in [6.45, 7) is 0. The number of fused-ring (bicyclic) bond motifs is 1. The first kappa shape index (κ1) is 12.6. The fourth-order valence-electron chi connectivity index (χ4n) is 2.00. The maximum absolute atomic E-state index is 12.0. The first-order valence-corrected chi connectivity index (χ1v) is 6.18.